The molecule has 2 N–H and O–H groups in total. The second-order valence-corrected chi connectivity index (χ2v) is 8.15. The molecule has 2 aromatic rings. The molecule has 3 rings (SSSR count). The van der Waals surface area contributed by atoms with E-state index >= 15 is 0 Å². The molecule has 32 heavy (non-hydrogen) atoms. The Morgan fingerprint density at radius 3 is 2.81 bits per heavy atom. The molecule has 1 aliphatic heterocycles. The Labute approximate surface area is 193 Å². The number of esters is 2. The molecule has 10 nitrogen and oxygen atoms in total. The summed E-state index contributed by atoms with van der Waals surface area (Å²) in [5, 5.41) is 14.1. The number of hydrogen-bond acceptors (Lipinski definition) is 8. The Kier molecular flexibility index (Phi) is 7.75. The minimum atomic E-state index is -0.585. The molecule has 0 radical (unpaired) electrons. The van der Waals surface area contributed by atoms with Crippen LogP contribution in [0.15, 0.2) is 41.0 Å². The molecule has 0 spiro atoms. The van der Waals surface area contributed by atoms with E-state index in [9.17, 15) is 14.4 Å². The third kappa shape index (κ3) is 5.60. The van der Waals surface area contributed by atoms with Crippen LogP contribution in [0.1, 0.15) is 19.4 Å². The number of nitrogens with one attached hydrogen (secondary N) is 2. The van der Waals surface area contributed by atoms with E-state index in [1.807, 2.05) is 19.1 Å². The predicted octanol–water partition coefficient (Wildman–Crippen LogP) is 2.38. The molecule has 2 heterocycles. The van der Waals surface area contributed by atoms with E-state index in [0.717, 1.165) is 23.0 Å². The molecule has 0 aliphatic carbocycles. The summed E-state index contributed by atoms with van der Waals surface area (Å²) in [5.74, 6) is -1.19. The molecular formula is C20H22ClN5O5S. The largest absolute Gasteiger partial charge is 0.463 e. The fraction of sp³-hybridized carbons (Fsp3) is 0.350. The molecule has 1 aromatic carbocycles. The topological polar surface area (TPSA) is 124 Å². The van der Waals surface area contributed by atoms with Crippen LogP contribution in [-0.4, -0.2) is 57.7 Å². The maximum absolute atomic E-state index is 12.3. The molecule has 0 fully saturated rings. The van der Waals surface area contributed by atoms with Crippen molar-refractivity contribution in [3.63, 3.8) is 0 Å². The number of nitrogens with zero attached hydrogens (tertiary/aromatic N) is 3. The number of aryl methyl sites for hydroxylation is 1. The number of benzene rings is 1. The smallest absolute Gasteiger partial charge is 0.338 e. The van der Waals surface area contributed by atoms with Crippen LogP contribution in [0.2, 0.25) is 5.02 Å². The number of thioether (sulfide) groups is 1. The van der Waals surface area contributed by atoms with Crippen molar-refractivity contribution in [2.24, 2.45) is 0 Å². The Morgan fingerprint density at radius 2 is 2.09 bits per heavy atom. The lowest BCUT2D eigenvalue weighted by atomic mass is 10.0. The van der Waals surface area contributed by atoms with Gasteiger partial charge < -0.3 is 20.1 Å². The maximum atomic E-state index is 12.3. The van der Waals surface area contributed by atoms with Gasteiger partial charge in [0.1, 0.15) is 12.9 Å². The zero-order valence-corrected chi connectivity index (χ0v) is 19.2. The van der Waals surface area contributed by atoms with E-state index in [-0.39, 0.29) is 30.2 Å². The Bertz CT molecular complexity index is 1070. The van der Waals surface area contributed by atoms with Gasteiger partial charge in [-0.2, -0.15) is 0 Å². The number of ether oxygens (including phenoxy) is 2. The molecule has 0 bridgehead atoms. The lowest BCUT2D eigenvalue weighted by Gasteiger charge is -2.26. The number of aromatic nitrogens is 3. The van der Waals surface area contributed by atoms with Crippen LogP contribution in [0, 0.1) is 6.92 Å². The van der Waals surface area contributed by atoms with Gasteiger partial charge in [0, 0.05) is 5.02 Å². The average molecular weight is 480 g/mol. The van der Waals surface area contributed by atoms with Crippen LogP contribution in [-0.2, 0) is 19.1 Å². The van der Waals surface area contributed by atoms with Crippen LogP contribution in [0.25, 0.3) is 5.69 Å². The summed E-state index contributed by atoms with van der Waals surface area (Å²) < 4.78 is 12.0. The van der Waals surface area contributed by atoms with E-state index in [4.69, 9.17) is 21.1 Å². The van der Waals surface area contributed by atoms with Crippen molar-refractivity contribution in [2.45, 2.75) is 32.0 Å². The number of hydrogen-bond donors (Lipinski definition) is 2. The zero-order chi connectivity index (χ0) is 23.3. The molecule has 0 saturated carbocycles. The summed E-state index contributed by atoms with van der Waals surface area (Å²) in [7, 11) is 0. The number of carbonyl (C=O) groups is 3. The highest BCUT2D eigenvalue weighted by molar-refractivity contribution is 7.99. The maximum Gasteiger partial charge on any atom is 0.338 e. The summed E-state index contributed by atoms with van der Waals surface area (Å²) >= 11 is 7.33. The van der Waals surface area contributed by atoms with Gasteiger partial charge in [0.05, 0.1) is 35.4 Å². The molecule has 2 amide bonds. The van der Waals surface area contributed by atoms with E-state index < -0.39 is 24.0 Å². The predicted molar refractivity (Wildman–Crippen MR) is 118 cm³/mol. The molecule has 1 unspecified atom stereocenters. The highest BCUT2D eigenvalue weighted by Crippen LogP contribution is 2.24. The van der Waals surface area contributed by atoms with Crippen LogP contribution in [0.4, 0.5) is 4.79 Å². The van der Waals surface area contributed by atoms with Gasteiger partial charge in [0.15, 0.2) is 5.16 Å². The van der Waals surface area contributed by atoms with Crippen molar-refractivity contribution < 1.29 is 23.9 Å². The third-order valence-electron chi connectivity index (χ3n) is 4.51. The van der Waals surface area contributed by atoms with Gasteiger partial charge >= 0.3 is 18.0 Å². The number of rotatable bonds is 8. The highest BCUT2D eigenvalue weighted by atomic mass is 35.5. The van der Waals surface area contributed by atoms with Gasteiger partial charge in [0.25, 0.3) is 0 Å². The average Bonchev–Trinajstić information content (AvgIpc) is 3.21. The van der Waals surface area contributed by atoms with Gasteiger partial charge in [-0.1, -0.05) is 29.4 Å². The summed E-state index contributed by atoms with van der Waals surface area (Å²) in [6.07, 6.45) is 1.52. The van der Waals surface area contributed by atoms with Crippen molar-refractivity contribution in [2.75, 3.05) is 19.0 Å². The van der Waals surface area contributed by atoms with Crippen molar-refractivity contribution >= 4 is 41.3 Å². The van der Waals surface area contributed by atoms with E-state index in [0.29, 0.717) is 10.2 Å². The highest BCUT2D eigenvalue weighted by Gasteiger charge is 2.30. The standard InChI is InChI=1S/C20H22ClN5O5S/c1-4-30-18(28)17-12(3)23-19(29)24-15(17)8-31-16(27)9-32-20-25-22-10-26(20)13-6-5-11(2)14(21)7-13/h5-7,10,12H,4,8-9H2,1-3H3,(H2,23,24,29). The SMILES string of the molecule is CCOC(=O)C1=C(COC(=O)CSc2nncn2-c2ccc(C)c(Cl)c2)NC(=O)NC1C. The fourth-order valence-corrected chi connectivity index (χ4v) is 3.84. The zero-order valence-electron chi connectivity index (χ0n) is 17.7. The quantitative estimate of drug-likeness (QED) is 0.436. The first-order valence-electron chi connectivity index (χ1n) is 9.72. The molecule has 0 saturated heterocycles. The molecule has 1 atom stereocenters. The van der Waals surface area contributed by atoms with Gasteiger partial charge in [-0.05, 0) is 38.5 Å². The van der Waals surface area contributed by atoms with Gasteiger partial charge in [-0.25, -0.2) is 9.59 Å². The number of carbonyl (C=O) groups excluding carboxylic acids is 3. The van der Waals surface area contributed by atoms with Crippen molar-refractivity contribution in [1.29, 1.82) is 0 Å². The summed E-state index contributed by atoms with van der Waals surface area (Å²) in [6.45, 7) is 5.13. The normalized spacial score (nSPS) is 15.8. The van der Waals surface area contributed by atoms with Crippen LogP contribution in [0.3, 0.4) is 0 Å². The first-order chi connectivity index (χ1) is 15.3. The minimum absolute atomic E-state index is 0.0535. The molecule has 1 aliphatic rings. The van der Waals surface area contributed by atoms with Crippen LogP contribution in [0.5, 0.6) is 0 Å². The molecule has 1 aromatic heterocycles. The summed E-state index contributed by atoms with van der Waals surface area (Å²) in [4.78, 5) is 36.3. The van der Waals surface area contributed by atoms with E-state index in [1.165, 1.54) is 6.33 Å². The lowest BCUT2D eigenvalue weighted by Crippen LogP contribution is -2.50. The second kappa shape index (κ2) is 10.5. The third-order valence-corrected chi connectivity index (χ3v) is 5.84. The van der Waals surface area contributed by atoms with Crippen LogP contribution < -0.4 is 10.6 Å². The Hall–Kier alpha value is -3.05. The van der Waals surface area contributed by atoms with Gasteiger partial charge in [-0.3, -0.25) is 9.36 Å². The molecule has 170 valence electrons. The molecular weight excluding hydrogens is 458 g/mol. The Morgan fingerprint density at radius 1 is 1.31 bits per heavy atom. The van der Waals surface area contributed by atoms with E-state index in [1.54, 1.807) is 24.5 Å². The first-order valence-corrected chi connectivity index (χ1v) is 11.1. The van der Waals surface area contributed by atoms with Gasteiger partial charge in [-0.15, -0.1) is 10.2 Å². The first kappa shape index (κ1) is 23.6. The summed E-state index contributed by atoms with van der Waals surface area (Å²) in [6, 6.07) is 4.47. The summed E-state index contributed by atoms with van der Waals surface area (Å²) in [5.41, 5.74) is 2.10. The van der Waals surface area contributed by atoms with Crippen molar-refractivity contribution in [1.82, 2.24) is 25.4 Å². The minimum Gasteiger partial charge on any atom is -0.463 e. The Balaban J connectivity index is 1.64. The lowest BCUT2D eigenvalue weighted by molar-refractivity contribution is -0.141. The van der Waals surface area contributed by atoms with Crippen molar-refractivity contribution in [3.8, 4) is 5.69 Å². The van der Waals surface area contributed by atoms with Crippen molar-refractivity contribution in [3.05, 3.63) is 46.4 Å². The fourth-order valence-electron chi connectivity index (χ4n) is 2.94. The molecule has 12 heteroatoms. The number of amides is 2. The second-order valence-electron chi connectivity index (χ2n) is 6.80. The van der Waals surface area contributed by atoms with Crippen LogP contribution >= 0.6 is 23.4 Å². The van der Waals surface area contributed by atoms with Gasteiger partial charge in [0.2, 0.25) is 0 Å². The monoisotopic (exact) mass is 479 g/mol. The number of urea groups is 1. The number of halogens is 1. The van der Waals surface area contributed by atoms with E-state index in [2.05, 4.69) is 20.8 Å².